The number of rotatable bonds is 5. The molecule has 1 aromatic heterocycles. The molecule has 1 heterocycles. The van der Waals surface area contributed by atoms with Gasteiger partial charge in [-0.3, -0.25) is 4.79 Å². The lowest BCUT2D eigenvalue weighted by Crippen LogP contribution is -2.15. The van der Waals surface area contributed by atoms with E-state index in [2.05, 4.69) is 11.4 Å². The van der Waals surface area contributed by atoms with Gasteiger partial charge < -0.3 is 10.1 Å². The molecule has 1 N–H and O–H groups in total. The zero-order valence-electron chi connectivity index (χ0n) is 14.8. The lowest BCUT2D eigenvalue weighted by molar-refractivity contribution is -0.115. The molecule has 4 rings (SSSR count). The van der Waals surface area contributed by atoms with Gasteiger partial charge in [0.25, 0.3) is 0 Å². The molecule has 0 saturated carbocycles. The van der Waals surface area contributed by atoms with E-state index in [9.17, 15) is 4.79 Å². The molecule has 0 spiro atoms. The van der Waals surface area contributed by atoms with E-state index < -0.39 is 0 Å². The van der Waals surface area contributed by atoms with Crippen LogP contribution in [-0.4, -0.2) is 18.0 Å². The van der Waals surface area contributed by atoms with E-state index in [1.54, 1.807) is 18.4 Å². The maximum absolute atomic E-state index is 12.5. The van der Waals surface area contributed by atoms with E-state index in [1.165, 1.54) is 0 Å². The van der Waals surface area contributed by atoms with Gasteiger partial charge in [0.05, 0.1) is 29.4 Å². The molecule has 0 unspecified atom stereocenters. The van der Waals surface area contributed by atoms with Crippen molar-refractivity contribution in [3.8, 4) is 16.3 Å². The van der Waals surface area contributed by atoms with Crippen LogP contribution >= 0.6 is 11.3 Å². The van der Waals surface area contributed by atoms with Crippen molar-refractivity contribution in [2.45, 2.75) is 6.42 Å². The van der Waals surface area contributed by atoms with Crippen molar-refractivity contribution in [3.05, 3.63) is 78.4 Å². The summed E-state index contributed by atoms with van der Waals surface area (Å²) in [5, 5.41) is 3.88. The third-order valence-corrected chi connectivity index (χ3v) is 5.31. The number of carbonyl (C=O) groups excluding carboxylic acids is 1. The Morgan fingerprint density at radius 3 is 2.59 bits per heavy atom. The Balaban J connectivity index is 1.61. The van der Waals surface area contributed by atoms with E-state index in [-0.39, 0.29) is 5.91 Å². The van der Waals surface area contributed by atoms with E-state index in [0.29, 0.717) is 17.9 Å². The molecule has 1 amide bonds. The highest BCUT2D eigenvalue weighted by Crippen LogP contribution is 2.34. The number of hydrogen-bond acceptors (Lipinski definition) is 4. The number of methoxy groups -OCH3 is 1. The Morgan fingerprint density at radius 1 is 1.04 bits per heavy atom. The van der Waals surface area contributed by atoms with Gasteiger partial charge in [0, 0.05) is 5.56 Å². The molecule has 4 nitrogen and oxygen atoms in total. The predicted molar refractivity (Wildman–Crippen MR) is 110 cm³/mol. The smallest absolute Gasteiger partial charge is 0.228 e. The number of thiazole rings is 1. The van der Waals surface area contributed by atoms with Gasteiger partial charge in [-0.1, -0.05) is 42.5 Å². The minimum atomic E-state index is -0.0825. The fraction of sp³-hybridized carbons (Fsp3) is 0.0909. The highest BCUT2D eigenvalue weighted by molar-refractivity contribution is 7.21. The molecule has 0 fully saturated rings. The Hall–Kier alpha value is -3.18. The highest BCUT2D eigenvalue weighted by atomic mass is 32.1. The van der Waals surface area contributed by atoms with Crippen LogP contribution in [-0.2, 0) is 11.2 Å². The number of amides is 1. The molecule has 3 aromatic carbocycles. The predicted octanol–water partition coefficient (Wildman–Crippen LogP) is 5.15. The summed E-state index contributed by atoms with van der Waals surface area (Å²) in [5.41, 5.74) is 3.54. The fourth-order valence-electron chi connectivity index (χ4n) is 2.91. The summed E-state index contributed by atoms with van der Waals surface area (Å²) in [7, 11) is 1.60. The number of benzene rings is 3. The summed E-state index contributed by atoms with van der Waals surface area (Å²) >= 11 is 1.63. The molecule has 0 atom stereocenters. The van der Waals surface area contributed by atoms with Crippen molar-refractivity contribution in [3.63, 3.8) is 0 Å². The first kappa shape index (κ1) is 17.2. The average molecular weight is 374 g/mol. The average Bonchev–Trinajstić information content (AvgIpc) is 3.13. The number of aromatic nitrogens is 1. The van der Waals surface area contributed by atoms with Crippen molar-refractivity contribution in [1.82, 2.24) is 4.98 Å². The van der Waals surface area contributed by atoms with Crippen molar-refractivity contribution < 1.29 is 9.53 Å². The third-order valence-electron chi connectivity index (χ3n) is 4.22. The molecular weight excluding hydrogens is 356 g/mol. The van der Waals surface area contributed by atoms with Crippen LogP contribution in [0.5, 0.6) is 5.75 Å². The van der Waals surface area contributed by atoms with Crippen molar-refractivity contribution in [2.75, 3.05) is 12.4 Å². The van der Waals surface area contributed by atoms with Gasteiger partial charge in [-0.15, -0.1) is 11.3 Å². The summed E-state index contributed by atoms with van der Waals surface area (Å²) in [4.78, 5) is 17.2. The number of hydrogen-bond donors (Lipinski definition) is 1. The molecule has 5 heteroatoms. The molecule has 4 aromatic rings. The normalized spacial score (nSPS) is 10.7. The van der Waals surface area contributed by atoms with Crippen LogP contribution in [0.1, 0.15) is 5.56 Å². The number of nitrogens with zero attached hydrogens (tertiary/aromatic N) is 1. The molecule has 134 valence electrons. The third kappa shape index (κ3) is 3.83. The maximum Gasteiger partial charge on any atom is 0.228 e. The lowest BCUT2D eigenvalue weighted by atomic mass is 10.1. The summed E-state index contributed by atoms with van der Waals surface area (Å²) < 4.78 is 6.55. The minimum absolute atomic E-state index is 0.0825. The number of fused-ring (bicyclic) bond motifs is 1. The van der Waals surface area contributed by atoms with Gasteiger partial charge in [0.2, 0.25) is 5.91 Å². The second-order valence-corrected chi connectivity index (χ2v) is 7.14. The first-order valence-corrected chi connectivity index (χ1v) is 9.42. The zero-order chi connectivity index (χ0) is 18.6. The summed E-state index contributed by atoms with van der Waals surface area (Å²) in [6, 6.07) is 23.5. The van der Waals surface area contributed by atoms with Gasteiger partial charge in [-0.2, -0.15) is 0 Å². The second-order valence-electron chi connectivity index (χ2n) is 6.11. The van der Waals surface area contributed by atoms with Crippen LogP contribution in [0.2, 0.25) is 0 Å². The van der Waals surface area contributed by atoms with Crippen LogP contribution < -0.4 is 10.1 Å². The van der Waals surface area contributed by atoms with E-state index in [0.717, 1.165) is 26.4 Å². The van der Waals surface area contributed by atoms with Gasteiger partial charge in [-0.05, 0) is 35.9 Å². The quantitative estimate of drug-likeness (QED) is 0.525. The van der Waals surface area contributed by atoms with Crippen LogP contribution in [0.25, 0.3) is 20.8 Å². The van der Waals surface area contributed by atoms with Crippen molar-refractivity contribution >= 4 is 33.1 Å². The first-order valence-electron chi connectivity index (χ1n) is 8.61. The molecular formula is C22H18N2O2S. The summed E-state index contributed by atoms with van der Waals surface area (Å²) in [6.07, 6.45) is 0.315. The van der Waals surface area contributed by atoms with E-state index in [1.807, 2.05) is 66.7 Å². The van der Waals surface area contributed by atoms with Gasteiger partial charge in [0.15, 0.2) is 0 Å². The van der Waals surface area contributed by atoms with Crippen LogP contribution in [0.3, 0.4) is 0 Å². The monoisotopic (exact) mass is 374 g/mol. The Kier molecular flexibility index (Phi) is 4.85. The van der Waals surface area contributed by atoms with Gasteiger partial charge in [-0.25, -0.2) is 4.98 Å². The lowest BCUT2D eigenvalue weighted by Gasteiger charge is -2.11. The molecule has 0 aliphatic rings. The number of carbonyl (C=O) groups is 1. The van der Waals surface area contributed by atoms with Gasteiger partial charge in [0.1, 0.15) is 10.8 Å². The Bertz CT molecular complexity index is 1060. The molecule has 0 aliphatic carbocycles. The number of para-hydroxylation sites is 1. The number of nitrogens with one attached hydrogen (secondary N) is 1. The minimum Gasteiger partial charge on any atom is -0.495 e. The largest absolute Gasteiger partial charge is 0.495 e. The molecule has 0 aliphatic heterocycles. The molecule has 0 radical (unpaired) electrons. The van der Waals surface area contributed by atoms with Crippen molar-refractivity contribution in [2.24, 2.45) is 0 Å². The summed E-state index contributed by atoms with van der Waals surface area (Å²) in [5.74, 6) is 0.544. The maximum atomic E-state index is 12.5. The molecule has 27 heavy (non-hydrogen) atoms. The molecule has 0 bridgehead atoms. The second kappa shape index (κ2) is 7.60. The summed E-state index contributed by atoms with van der Waals surface area (Å²) in [6.45, 7) is 0. The molecule has 0 saturated heterocycles. The number of anilines is 1. The van der Waals surface area contributed by atoms with Gasteiger partial charge >= 0.3 is 0 Å². The fourth-order valence-corrected chi connectivity index (χ4v) is 3.87. The van der Waals surface area contributed by atoms with Crippen LogP contribution in [0, 0.1) is 0 Å². The Labute approximate surface area is 161 Å². The van der Waals surface area contributed by atoms with Crippen LogP contribution in [0.15, 0.2) is 72.8 Å². The highest BCUT2D eigenvalue weighted by Gasteiger charge is 2.12. The SMILES string of the molecule is COc1ccc(-c2nc3ccccc3s2)cc1NC(=O)Cc1ccccc1. The van der Waals surface area contributed by atoms with Crippen molar-refractivity contribution in [1.29, 1.82) is 0 Å². The zero-order valence-corrected chi connectivity index (χ0v) is 15.6. The Morgan fingerprint density at radius 2 is 1.81 bits per heavy atom. The standard InChI is InChI=1S/C22H18N2O2S/c1-26-19-12-11-16(22-24-17-9-5-6-10-20(17)27-22)14-18(19)23-21(25)13-15-7-3-2-4-8-15/h2-12,14H,13H2,1H3,(H,23,25). The first-order chi connectivity index (χ1) is 13.2. The van der Waals surface area contributed by atoms with E-state index >= 15 is 0 Å². The topological polar surface area (TPSA) is 51.2 Å². The number of ether oxygens (including phenoxy) is 1. The van der Waals surface area contributed by atoms with E-state index in [4.69, 9.17) is 9.72 Å². The van der Waals surface area contributed by atoms with Crippen LogP contribution in [0.4, 0.5) is 5.69 Å².